The maximum absolute atomic E-state index is 5.62. The Morgan fingerprint density at radius 1 is 1.07 bits per heavy atom. The molecule has 3 aromatic heterocycles. The van der Waals surface area contributed by atoms with E-state index in [1.807, 2.05) is 60.0 Å². The minimum absolute atomic E-state index is 0.444. The summed E-state index contributed by atoms with van der Waals surface area (Å²) in [6, 6.07) is 14.1. The number of imidazole rings is 1. The molecule has 154 valence electrons. The molecule has 0 saturated heterocycles. The van der Waals surface area contributed by atoms with Gasteiger partial charge in [-0.2, -0.15) is 0 Å². The van der Waals surface area contributed by atoms with Crippen LogP contribution in [0.4, 0.5) is 0 Å². The van der Waals surface area contributed by atoms with Crippen molar-refractivity contribution < 1.29 is 4.42 Å². The second-order valence-electron chi connectivity index (χ2n) is 7.08. The van der Waals surface area contributed by atoms with Crippen molar-refractivity contribution in [3.05, 3.63) is 78.1 Å². The molecule has 0 atom stereocenters. The van der Waals surface area contributed by atoms with Crippen LogP contribution in [-0.4, -0.2) is 33.4 Å². The molecule has 0 fully saturated rings. The third-order valence-corrected chi connectivity index (χ3v) is 4.68. The van der Waals surface area contributed by atoms with Crippen molar-refractivity contribution in [1.82, 2.24) is 25.0 Å². The second-order valence-corrected chi connectivity index (χ2v) is 7.08. The maximum Gasteiger partial charge on any atom is 0.226 e. The summed E-state index contributed by atoms with van der Waals surface area (Å²) in [5, 5.41) is 6.63. The van der Waals surface area contributed by atoms with E-state index >= 15 is 0 Å². The van der Waals surface area contributed by atoms with Gasteiger partial charge in [-0.3, -0.25) is 0 Å². The first-order valence-corrected chi connectivity index (χ1v) is 10.2. The highest BCUT2D eigenvalue weighted by Gasteiger charge is 2.07. The zero-order valence-corrected chi connectivity index (χ0v) is 17.3. The molecule has 0 aliphatic heterocycles. The van der Waals surface area contributed by atoms with E-state index in [0.717, 1.165) is 48.1 Å². The number of aryl methyl sites for hydroxylation is 1. The molecule has 0 saturated carbocycles. The Balaban J connectivity index is 1.34. The van der Waals surface area contributed by atoms with E-state index in [4.69, 9.17) is 4.42 Å². The van der Waals surface area contributed by atoms with Crippen LogP contribution in [-0.2, 0) is 13.0 Å². The van der Waals surface area contributed by atoms with Crippen LogP contribution in [0.25, 0.3) is 17.1 Å². The third kappa shape index (κ3) is 4.86. The van der Waals surface area contributed by atoms with E-state index in [1.165, 1.54) is 5.56 Å². The molecule has 0 amide bonds. The van der Waals surface area contributed by atoms with Crippen molar-refractivity contribution in [2.45, 2.75) is 26.8 Å². The van der Waals surface area contributed by atoms with Gasteiger partial charge < -0.3 is 19.5 Å². The van der Waals surface area contributed by atoms with Crippen molar-refractivity contribution in [2.75, 3.05) is 13.1 Å². The standard InChI is InChI=1S/C23H26N6O/c1-3-24-23(25-12-11-19-15-29-13-5-4-6-21(29)27-19)26-14-20-16-30-22(28-20)18-9-7-17(2)8-10-18/h4-10,13,15-16H,3,11-12,14H2,1-2H3,(H2,24,25,26). The van der Waals surface area contributed by atoms with E-state index in [-0.39, 0.29) is 0 Å². The van der Waals surface area contributed by atoms with Gasteiger partial charge in [0.05, 0.1) is 12.2 Å². The first-order chi connectivity index (χ1) is 14.7. The van der Waals surface area contributed by atoms with Gasteiger partial charge in [-0.25, -0.2) is 15.0 Å². The topological polar surface area (TPSA) is 79.8 Å². The summed E-state index contributed by atoms with van der Waals surface area (Å²) < 4.78 is 7.65. The van der Waals surface area contributed by atoms with Crippen LogP contribution < -0.4 is 10.6 Å². The lowest BCUT2D eigenvalue weighted by Gasteiger charge is -2.10. The van der Waals surface area contributed by atoms with E-state index in [1.54, 1.807) is 6.26 Å². The Morgan fingerprint density at radius 3 is 2.73 bits per heavy atom. The molecule has 4 rings (SSSR count). The molecule has 0 aliphatic carbocycles. The van der Waals surface area contributed by atoms with Crippen molar-refractivity contribution in [3.8, 4) is 11.5 Å². The summed E-state index contributed by atoms with van der Waals surface area (Å²) in [4.78, 5) is 13.8. The third-order valence-electron chi connectivity index (χ3n) is 4.68. The number of aromatic nitrogens is 3. The molecule has 7 heteroatoms. The first-order valence-electron chi connectivity index (χ1n) is 10.2. The second kappa shape index (κ2) is 9.26. The fourth-order valence-electron chi connectivity index (χ4n) is 3.13. The van der Waals surface area contributed by atoms with Crippen molar-refractivity contribution in [3.63, 3.8) is 0 Å². The van der Waals surface area contributed by atoms with Gasteiger partial charge in [-0.05, 0) is 38.1 Å². The van der Waals surface area contributed by atoms with E-state index in [2.05, 4.69) is 38.7 Å². The first kappa shape index (κ1) is 19.7. The summed E-state index contributed by atoms with van der Waals surface area (Å²) >= 11 is 0. The molecular formula is C23H26N6O. The number of oxazole rings is 1. The van der Waals surface area contributed by atoms with E-state index in [9.17, 15) is 0 Å². The zero-order valence-electron chi connectivity index (χ0n) is 17.3. The molecular weight excluding hydrogens is 376 g/mol. The normalized spacial score (nSPS) is 11.7. The monoisotopic (exact) mass is 402 g/mol. The Kier molecular flexibility index (Phi) is 6.08. The molecule has 4 aromatic rings. The fraction of sp³-hybridized carbons (Fsp3) is 0.261. The largest absolute Gasteiger partial charge is 0.444 e. The van der Waals surface area contributed by atoms with Crippen LogP contribution >= 0.6 is 0 Å². The van der Waals surface area contributed by atoms with Gasteiger partial charge in [0.2, 0.25) is 5.89 Å². The number of nitrogens with one attached hydrogen (secondary N) is 2. The Bertz CT molecular complexity index is 1090. The number of aliphatic imine (C=N–C) groups is 1. The van der Waals surface area contributed by atoms with Crippen LogP contribution in [0.3, 0.4) is 0 Å². The molecule has 30 heavy (non-hydrogen) atoms. The number of rotatable bonds is 7. The molecule has 0 bridgehead atoms. The highest BCUT2D eigenvalue weighted by molar-refractivity contribution is 5.79. The smallest absolute Gasteiger partial charge is 0.226 e. The number of pyridine rings is 1. The minimum Gasteiger partial charge on any atom is -0.444 e. The van der Waals surface area contributed by atoms with Crippen molar-refractivity contribution in [1.29, 1.82) is 0 Å². The summed E-state index contributed by atoms with van der Waals surface area (Å²) in [5.74, 6) is 1.37. The lowest BCUT2D eigenvalue weighted by atomic mass is 10.1. The molecule has 0 aliphatic rings. The number of hydrogen-bond acceptors (Lipinski definition) is 4. The molecule has 0 unspecified atom stereocenters. The van der Waals surface area contributed by atoms with Gasteiger partial charge in [0.25, 0.3) is 0 Å². The van der Waals surface area contributed by atoms with E-state index in [0.29, 0.717) is 12.4 Å². The molecule has 7 nitrogen and oxygen atoms in total. The molecule has 1 aromatic carbocycles. The lowest BCUT2D eigenvalue weighted by molar-refractivity contribution is 0.572. The minimum atomic E-state index is 0.444. The summed E-state index contributed by atoms with van der Waals surface area (Å²) in [6.07, 6.45) is 6.54. The summed E-state index contributed by atoms with van der Waals surface area (Å²) in [7, 11) is 0. The van der Waals surface area contributed by atoms with Crippen LogP contribution in [0.5, 0.6) is 0 Å². The number of benzene rings is 1. The predicted molar refractivity (Wildman–Crippen MR) is 118 cm³/mol. The predicted octanol–water partition coefficient (Wildman–Crippen LogP) is 3.60. The van der Waals surface area contributed by atoms with Crippen LogP contribution in [0.1, 0.15) is 23.9 Å². The van der Waals surface area contributed by atoms with Crippen LogP contribution in [0, 0.1) is 6.92 Å². The highest BCUT2D eigenvalue weighted by Crippen LogP contribution is 2.19. The Hall–Kier alpha value is -3.61. The van der Waals surface area contributed by atoms with Gasteiger partial charge in [0, 0.05) is 37.5 Å². The maximum atomic E-state index is 5.62. The highest BCUT2D eigenvalue weighted by atomic mass is 16.3. The van der Waals surface area contributed by atoms with Crippen LogP contribution in [0.15, 0.2) is 70.5 Å². The van der Waals surface area contributed by atoms with Crippen LogP contribution in [0.2, 0.25) is 0 Å². The average Bonchev–Trinajstić information content (AvgIpc) is 3.39. The van der Waals surface area contributed by atoms with Gasteiger partial charge in [-0.15, -0.1) is 0 Å². The van der Waals surface area contributed by atoms with Gasteiger partial charge in [-0.1, -0.05) is 23.8 Å². The Labute approximate surface area is 175 Å². The molecule has 0 spiro atoms. The summed E-state index contributed by atoms with van der Waals surface area (Å²) in [5.41, 5.74) is 4.98. The number of hydrogen-bond donors (Lipinski definition) is 2. The van der Waals surface area contributed by atoms with Crippen molar-refractivity contribution in [2.24, 2.45) is 4.99 Å². The Morgan fingerprint density at radius 2 is 1.93 bits per heavy atom. The summed E-state index contributed by atoms with van der Waals surface area (Å²) in [6.45, 7) is 6.07. The quantitative estimate of drug-likeness (QED) is 0.365. The number of nitrogens with zero attached hydrogens (tertiary/aromatic N) is 4. The van der Waals surface area contributed by atoms with Gasteiger partial charge in [0.15, 0.2) is 5.96 Å². The van der Waals surface area contributed by atoms with E-state index < -0.39 is 0 Å². The molecule has 3 heterocycles. The molecule has 2 N–H and O–H groups in total. The average molecular weight is 403 g/mol. The molecule has 0 radical (unpaired) electrons. The SMILES string of the molecule is CCNC(=NCc1coc(-c2ccc(C)cc2)n1)NCCc1cn2ccccc2n1. The van der Waals surface area contributed by atoms with Gasteiger partial charge in [0.1, 0.15) is 17.6 Å². The van der Waals surface area contributed by atoms with Crippen molar-refractivity contribution >= 4 is 11.6 Å². The number of guanidine groups is 1. The zero-order chi connectivity index (χ0) is 20.8. The lowest BCUT2D eigenvalue weighted by Crippen LogP contribution is -2.38. The number of fused-ring (bicyclic) bond motifs is 1. The van der Waals surface area contributed by atoms with Gasteiger partial charge >= 0.3 is 0 Å². The fourth-order valence-corrected chi connectivity index (χ4v) is 3.13.